The Morgan fingerprint density at radius 3 is 2.62 bits per heavy atom. The number of sulfonamides is 1. The third kappa shape index (κ3) is 3.30. The van der Waals surface area contributed by atoms with Crippen LogP contribution in [0.2, 0.25) is 0 Å². The zero-order valence-corrected chi connectivity index (χ0v) is 13.5. The number of rotatable bonds is 3. The molecular formula is C12H19N3O4S2. The molecule has 0 bridgehead atoms. The van der Waals surface area contributed by atoms with Crippen molar-refractivity contribution in [2.75, 3.05) is 35.7 Å². The maximum absolute atomic E-state index is 12.1. The maximum Gasteiger partial charge on any atom is 0.242 e. The zero-order valence-electron chi connectivity index (χ0n) is 11.9. The topological polar surface area (TPSA) is 110 Å². The lowest BCUT2D eigenvalue weighted by Gasteiger charge is -2.36. The minimum Gasteiger partial charge on any atom is -0.399 e. The van der Waals surface area contributed by atoms with Crippen LogP contribution in [0.3, 0.4) is 0 Å². The summed E-state index contributed by atoms with van der Waals surface area (Å²) < 4.78 is 49.9. The third-order valence-corrected chi connectivity index (χ3v) is 6.76. The van der Waals surface area contributed by atoms with Crippen molar-refractivity contribution in [3.63, 3.8) is 0 Å². The number of hydrogen-bond donors (Lipinski definition) is 2. The van der Waals surface area contributed by atoms with Crippen molar-refractivity contribution < 1.29 is 16.8 Å². The van der Waals surface area contributed by atoms with Gasteiger partial charge in [-0.1, -0.05) is 0 Å². The van der Waals surface area contributed by atoms with Gasteiger partial charge in [0, 0.05) is 18.3 Å². The number of nitrogen functional groups attached to an aromatic ring is 1. The molecule has 1 aliphatic heterocycles. The van der Waals surface area contributed by atoms with E-state index in [2.05, 4.69) is 4.72 Å². The molecule has 1 fully saturated rings. The van der Waals surface area contributed by atoms with Gasteiger partial charge in [0.25, 0.3) is 0 Å². The number of hydrogen-bond acceptors (Lipinski definition) is 6. The molecule has 9 heteroatoms. The molecule has 1 aromatic carbocycles. The zero-order chi connectivity index (χ0) is 15.8. The minimum atomic E-state index is -3.67. The van der Waals surface area contributed by atoms with E-state index in [1.54, 1.807) is 24.0 Å². The van der Waals surface area contributed by atoms with Crippen LogP contribution in [0, 0.1) is 0 Å². The first-order chi connectivity index (χ1) is 9.66. The van der Waals surface area contributed by atoms with E-state index in [4.69, 9.17) is 5.73 Å². The quantitative estimate of drug-likeness (QED) is 0.741. The highest BCUT2D eigenvalue weighted by atomic mass is 32.2. The molecule has 0 spiro atoms. The van der Waals surface area contributed by atoms with Crippen molar-refractivity contribution in [2.45, 2.75) is 17.9 Å². The minimum absolute atomic E-state index is 0.0103. The van der Waals surface area contributed by atoms with Gasteiger partial charge >= 0.3 is 0 Å². The number of nitrogens with zero attached hydrogens (tertiary/aromatic N) is 1. The standard InChI is InChI=1S/C12H19N3O4S2/c1-9-8-20(16,17)6-5-15(9)11-4-3-10(13)7-12(11)21(18,19)14-2/h3-4,7,9,14H,5-6,8,13H2,1-2H3. The summed E-state index contributed by atoms with van der Waals surface area (Å²) >= 11 is 0. The van der Waals surface area contributed by atoms with Gasteiger partial charge in [-0.05, 0) is 32.2 Å². The summed E-state index contributed by atoms with van der Waals surface area (Å²) in [6.45, 7) is 2.03. The van der Waals surface area contributed by atoms with Crippen molar-refractivity contribution in [1.82, 2.24) is 4.72 Å². The van der Waals surface area contributed by atoms with Crippen LogP contribution < -0.4 is 15.4 Å². The van der Waals surface area contributed by atoms with E-state index in [9.17, 15) is 16.8 Å². The molecule has 0 saturated carbocycles. The van der Waals surface area contributed by atoms with E-state index in [0.29, 0.717) is 11.4 Å². The van der Waals surface area contributed by atoms with Crippen LogP contribution in [0.1, 0.15) is 6.92 Å². The van der Waals surface area contributed by atoms with Crippen LogP contribution >= 0.6 is 0 Å². The second-order valence-corrected chi connectivity index (χ2v) is 9.18. The summed E-state index contributed by atoms with van der Waals surface area (Å²) in [4.78, 5) is 1.86. The van der Waals surface area contributed by atoms with Crippen molar-refractivity contribution in [3.8, 4) is 0 Å². The third-order valence-electron chi connectivity index (χ3n) is 3.52. The fraction of sp³-hybridized carbons (Fsp3) is 0.500. The Morgan fingerprint density at radius 1 is 1.38 bits per heavy atom. The van der Waals surface area contributed by atoms with Crippen molar-refractivity contribution in [1.29, 1.82) is 0 Å². The Kier molecular flexibility index (Phi) is 4.18. The molecule has 1 saturated heterocycles. The van der Waals surface area contributed by atoms with E-state index in [-0.39, 0.29) is 29.0 Å². The van der Waals surface area contributed by atoms with Crippen LogP contribution in [0.25, 0.3) is 0 Å². The lowest BCUT2D eigenvalue weighted by atomic mass is 10.2. The molecule has 3 N–H and O–H groups in total. The second-order valence-electron chi connectivity index (χ2n) is 5.09. The molecule has 21 heavy (non-hydrogen) atoms. The Labute approximate surface area is 125 Å². The van der Waals surface area contributed by atoms with E-state index >= 15 is 0 Å². The van der Waals surface area contributed by atoms with Crippen LogP contribution in [0.4, 0.5) is 11.4 Å². The molecule has 1 heterocycles. The molecule has 0 amide bonds. The monoisotopic (exact) mass is 333 g/mol. The van der Waals surface area contributed by atoms with Gasteiger partial charge in [0.2, 0.25) is 10.0 Å². The highest BCUT2D eigenvalue weighted by Gasteiger charge is 2.31. The van der Waals surface area contributed by atoms with Gasteiger partial charge in [0.1, 0.15) is 4.90 Å². The highest BCUT2D eigenvalue weighted by Crippen LogP contribution is 2.30. The molecule has 0 radical (unpaired) electrons. The van der Waals surface area contributed by atoms with E-state index in [1.807, 2.05) is 0 Å². The lowest BCUT2D eigenvalue weighted by Crippen LogP contribution is -2.47. The largest absolute Gasteiger partial charge is 0.399 e. The Bertz CT molecular complexity index is 744. The summed E-state index contributed by atoms with van der Waals surface area (Å²) in [5.74, 6) is 0.0250. The SMILES string of the molecule is CNS(=O)(=O)c1cc(N)ccc1N1CCS(=O)(=O)CC1C. The van der Waals surface area contributed by atoms with Crippen molar-refractivity contribution in [2.24, 2.45) is 0 Å². The summed E-state index contributed by atoms with van der Waals surface area (Å²) in [5.41, 5.74) is 6.49. The normalized spacial score (nSPS) is 22.2. The molecule has 7 nitrogen and oxygen atoms in total. The average molecular weight is 333 g/mol. The Balaban J connectivity index is 2.50. The summed E-state index contributed by atoms with van der Waals surface area (Å²) in [6.07, 6.45) is 0. The number of sulfone groups is 1. The average Bonchev–Trinajstić information content (AvgIpc) is 2.38. The Hall–Kier alpha value is -1.32. The molecule has 1 atom stereocenters. The van der Waals surface area contributed by atoms with Crippen molar-refractivity contribution >= 4 is 31.2 Å². The smallest absolute Gasteiger partial charge is 0.242 e. The molecule has 0 aromatic heterocycles. The fourth-order valence-electron chi connectivity index (χ4n) is 2.45. The lowest BCUT2D eigenvalue weighted by molar-refractivity contribution is 0.566. The van der Waals surface area contributed by atoms with E-state index in [0.717, 1.165) is 0 Å². The molecular weight excluding hydrogens is 314 g/mol. The van der Waals surface area contributed by atoms with Crippen molar-refractivity contribution in [3.05, 3.63) is 18.2 Å². The molecule has 2 rings (SSSR count). The van der Waals surface area contributed by atoms with Crippen LogP contribution in [0.5, 0.6) is 0 Å². The van der Waals surface area contributed by atoms with E-state index in [1.165, 1.54) is 13.1 Å². The summed E-state index contributed by atoms with van der Waals surface area (Å²) in [5, 5.41) is 0. The number of nitrogens with two attached hydrogens (primary N) is 1. The van der Waals surface area contributed by atoms with Gasteiger partial charge in [-0.15, -0.1) is 0 Å². The van der Waals surface area contributed by atoms with Gasteiger partial charge in [-0.2, -0.15) is 0 Å². The second kappa shape index (κ2) is 5.47. The van der Waals surface area contributed by atoms with Gasteiger partial charge < -0.3 is 10.6 Å². The number of anilines is 2. The highest BCUT2D eigenvalue weighted by molar-refractivity contribution is 7.91. The van der Waals surface area contributed by atoms with Gasteiger partial charge in [0.05, 0.1) is 17.2 Å². The molecule has 1 unspecified atom stereocenters. The first-order valence-corrected chi connectivity index (χ1v) is 9.77. The van der Waals surface area contributed by atoms with Crippen LogP contribution in [-0.2, 0) is 19.9 Å². The maximum atomic E-state index is 12.1. The van der Waals surface area contributed by atoms with Gasteiger partial charge in [-0.3, -0.25) is 0 Å². The number of nitrogens with one attached hydrogen (secondary N) is 1. The number of benzene rings is 1. The van der Waals surface area contributed by atoms with Crippen LogP contribution in [0.15, 0.2) is 23.1 Å². The summed E-state index contributed by atoms with van der Waals surface area (Å²) in [7, 11) is -5.41. The van der Waals surface area contributed by atoms with Gasteiger partial charge in [-0.25, -0.2) is 21.6 Å². The Morgan fingerprint density at radius 2 is 2.05 bits per heavy atom. The fourth-order valence-corrected chi connectivity index (χ4v) is 4.98. The molecule has 1 aliphatic rings. The molecule has 0 aliphatic carbocycles. The first-order valence-electron chi connectivity index (χ1n) is 6.46. The predicted molar refractivity (Wildman–Crippen MR) is 82.6 cm³/mol. The predicted octanol–water partition coefficient (Wildman–Crippen LogP) is -0.200. The molecule has 118 valence electrons. The molecule has 1 aromatic rings. The summed E-state index contributed by atoms with van der Waals surface area (Å²) in [6, 6.07) is 4.32. The van der Waals surface area contributed by atoms with Crippen LogP contribution in [-0.4, -0.2) is 48.0 Å². The van der Waals surface area contributed by atoms with Gasteiger partial charge in [0.15, 0.2) is 9.84 Å². The first kappa shape index (κ1) is 16.1. The van der Waals surface area contributed by atoms with E-state index < -0.39 is 19.9 Å².